The summed E-state index contributed by atoms with van der Waals surface area (Å²) in [5.74, 6) is -0.563. The topological polar surface area (TPSA) is 89.4 Å². The molecule has 68 valence electrons. The fourth-order valence-corrected chi connectivity index (χ4v) is 1.41. The van der Waals surface area contributed by atoms with Gasteiger partial charge in [0, 0.05) is 13.1 Å². The van der Waals surface area contributed by atoms with Gasteiger partial charge in [0.25, 0.3) is 0 Å². The van der Waals surface area contributed by atoms with Gasteiger partial charge in [0.15, 0.2) is 0 Å². The molecule has 0 aliphatic carbocycles. The van der Waals surface area contributed by atoms with Gasteiger partial charge in [-0.2, -0.15) is 0 Å². The third-order valence-electron chi connectivity index (χ3n) is 2.14. The molecule has 1 atom stereocenters. The van der Waals surface area contributed by atoms with Gasteiger partial charge in [-0.15, -0.1) is 0 Å². The lowest BCUT2D eigenvalue weighted by Crippen LogP contribution is -2.46. The van der Waals surface area contributed by atoms with Crippen LogP contribution < -0.4 is 11.5 Å². The standard InChI is InChI=1S/C7H13N3O2/c8-6(11)5-2-1-3-10(4-5)7(9)12/h5H,1-4H2,(H2,8,11)(H2,9,12). The number of primary amides is 2. The number of nitrogens with two attached hydrogens (primary N) is 2. The Labute approximate surface area is 70.7 Å². The summed E-state index contributed by atoms with van der Waals surface area (Å²) in [4.78, 5) is 22.9. The van der Waals surface area contributed by atoms with E-state index in [9.17, 15) is 9.59 Å². The summed E-state index contributed by atoms with van der Waals surface area (Å²) in [5, 5.41) is 0. The van der Waals surface area contributed by atoms with Gasteiger partial charge in [-0.1, -0.05) is 0 Å². The zero-order valence-electron chi connectivity index (χ0n) is 6.82. The minimum atomic E-state index is -0.471. The molecule has 1 heterocycles. The fourth-order valence-electron chi connectivity index (χ4n) is 1.41. The van der Waals surface area contributed by atoms with Gasteiger partial charge in [0.1, 0.15) is 0 Å². The minimum Gasteiger partial charge on any atom is -0.369 e. The highest BCUT2D eigenvalue weighted by molar-refractivity contribution is 5.78. The van der Waals surface area contributed by atoms with Gasteiger partial charge in [-0.25, -0.2) is 4.79 Å². The van der Waals surface area contributed by atoms with E-state index in [4.69, 9.17) is 11.5 Å². The van der Waals surface area contributed by atoms with Crippen molar-refractivity contribution in [3.05, 3.63) is 0 Å². The number of hydrogen-bond donors (Lipinski definition) is 2. The van der Waals surface area contributed by atoms with E-state index in [1.54, 1.807) is 0 Å². The van der Waals surface area contributed by atoms with Crippen molar-refractivity contribution in [2.24, 2.45) is 17.4 Å². The number of amides is 3. The molecule has 0 saturated carbocycles. The second-order valence-electron chi connectivity index (χ2n) is 3.03. The van der Waals surface area contributed by atoms with Crippen LogP contribution >= 0.6 is 0 Å². The van der Waals surface area contributed by atoms with Crippen LogP contribution in [0.2, 0.25) is 0 Å². The fraction of sp³-hybridized carbons (Fsp3) is 0.714. The lowest BCUT2D eigenvalue weighted by atomic mass is 9.98. The van der Waals surface area contributed by atoms with Gasteiger partial charge in [-0.05, 0) is 12.8 Å². The van der Waals surface area contributed by atoms with Gasteiger partial charge in [0.2, 0.25) is 5.91 Å². The summed E-state index contributed by atoms with van der Waals surface area (Å²) >= 11 is 0. The molecule has 5 nitrogen and oxygen atoms in total. The Kier molecular flexibility index (Phi) is 2.52. The summed E-state index contributed by atoms with van der Waals surface area (Å²) < 4.78 is 0. The maximum absolute atomic E-state index is 10.8. The van der Waals surface area contributed by atoms with Crippen LogP contribution in [0.4, 0.5) is 4.79 Å². The molecule has 5 heteroatoms. The van der Waals surface area contributed by atoms with Crippen molar-refractivity contribution in [2.75, 3.05) is 13.1 Å². The van der Waals surface area contributed by atoms with Crippen LogP contribution in [-0.2, 0) is 4.79 Å². The number of hydrogen-bond acceptors (Lipinski definition) is 2. The van der Waals surface area contributed by atoms with E-state index in [0.717, 1.165) is 12.8 Å². The van der Waals surface area contributed by atoms with E-state index < -0.39 is 6.03 Å². The lowest BCUT2D eigenvalue weighted by Gasteiger charge is -2.29. The minimum absolute atomic E-state index is 0.216. The molecule has 12 heavy (non-hydrogen) atoms. The van der Waals surface area contributed by atoms with E-state index in [1.807, 2.05) is 0 Å². The van der Waals surface area contributed by atoms with Crippen LogP contribution in [0.3, 0.4) is 0 Å². The second kappa shape index (κ2) is 3.42. The average Bonchev–Trinajstić information content (AvgIpc) is 2.04. The van der Waals surface area contributed by atoms with Crippen molar-refractivity contribution in [3.8, 4) is 0 Å². The zero-order chi connectivity index (χ0) is 9.14. The highest BCUT2D eigenvalue weighted by Gasteiger charge is 2.25. The Morgan fingerprint density at radius 2 is 2.00 bits per heavy atom. The molecule has 1 aliphatic rings. The van der Waals surface area contributed by atoms with Crippen molar-refractivity contribution in [2.45, 2.75) is 12.8 Å². The number of nitrogens with zero attached hydrogens (tertiary/aromatic N) is 1. The zero-order valence-corrected chi connectivity index (χ0v) is 6.82. The van der Waals surface area contributed by atoms with Crippen molar-refractivity contribution in [1.82, 2.24) is 4.90 Å². The Morgan fingerprint density at radius 1 is 1.33 bits per heavy atom. The molecule has 0 bridgehead atoms. The van der Waals surface area contributed by atoms with Gasteiger partial charge in [-0.3, -0.25) is 4.79 Å². The number of urea groups is 1. The monoisotopic (exact) mass is 171 g/mol. The smallest absolute Gasteiger partial charge is 0.314 e. The third kappa shape index (κ3) is 1.87. The average molecular weight is 171 g/mol. The molecule has 1 unspecified atom stereocenters. The normalized spacial score (nSPS) is 23.7. The van der Waals surface area contributed by atoms with Crippen LogP contribution in [0.5, 0.6) is 0 Å². The summed E-state index contributed by atoms with van der Waals surface area (Å²) in [6.07, 6.45) is 1.57. The van der Waals surface area contributed by atoms with Crippen LogP contribution in [0, 0.1) is 5.92 Å². The number of piperidine rings is 1. The second-order valence-corrected chi connectivity index (χ2v) is 3.03. The molecule has 0 radical (unpaired) electrons. The van der Waals surface area contributed by atoms with Crippen molar-refractivity contribution in [1.29, 1.82) is 0 Å². The van der Waals surface area contributed by atoms with Crippen LogP contribution in [-0.4, -0.2) is 29.9 Å². The number of likely N-dealkylation sites (tertiary alicyclic amines) is 1. The summed E-state index contributed by atoms with van der Waals surface area (Å²) in [6, 6.07) is -0.471. The summed E-state index contributed by atoms with van der Waals surface area (Å²) in [7, 11) is 0. The molecule has 1 aliphatic heterocycles. The van der Waals surface area contributed by atoms with Crippen molar-refractivity contribution in [3.63, 3.8) is 0 Å². The molecule has 4 N–H and O–H groups in total. The molecule has 1 fully saturated rings. The van der Waals surface area contributed by atoms with Gasteiger partial charge < -0.3 is 16.4 Å². The quantitative estimate of drug-likeness (QED) is 0.544. The Balaban J connectivity index is 2.51. The van der Waals surface area contributed by atoms with Crippen molar-refractivity contribution < 1.29 is 9.59 Å². The van der Waals surface area contributed by atoms with E-state index in [2.05, 4.69) is 0 Å². The number of rotatable bonds is 1. The largest absolute Gasteiger partial charge is 0.369 e. The molecule has 1 saturated heterocycles. The van der Waals surface area contributed by atoms with E-state index >= 15 is 0 Å². The molecule has 0 aromatic carbocycles. The first-order valence-electron chi connectivity index (χ1n) is 3.95. The van der Waals surface area contributed by atoms with E-state index in [-0.39, 0.29) is 11.8 Å². The summed E-state index contributed by atoms with van der Waals surface area (Å²) in [5.41, 5.74) is 10.2. The Hall–Kier alpha value is -1.26. The molecule has 0 aromatic rings. The van der Waals surface area contributed by atoms with Crippen LogP contribution in [0.1, 0.15) is 12.8 Å². The number of carbonyl (C=O) groups excluding carboxylic acids is 2. The predicted octanol–water partition coefficient (Wildman–Crippen LogP) is -0.738. The van der Waals surface area contributed by atoms with E-state index in [0.29, 0.717) is 13.1 Å². The molecular formula is C7H13N3O2. The third-order valence-corrected chi connectivity index (χ3v) is 2.14. The highest BCUT2D eigenvalue weighted by atomic mass is 16.2. The first-order valence-corrected chi connectivity index (χ1v) is 3.95. The SMILES string of the molecule is NC(=O)C1CCCN(C(N)=O)C1. The first kappa shape index (κ1) is 8.83. The van der Waals surface area contributed by atoms with Crippen LogP contribution in [0.25, 0.3) is 0 Å². The predicted molar refractivity (Wildman–Crippen MR) is 43.1 cm³/mol. The maximum Gasteiger partial charge on any atom is 0.314 e. The molecular weight excluding hydrogens is 158 g/mol. The lowest BCUT2D eigenvalue weighted by molar-refractivity contribution is -0.123. The molecule has 1 rings (SSSR count). The first-order chi connectivity index (χ1) is 5.61. The Morgan fingerprint density at radius 3 is 2.50 bits per heavy atom. The Bertz CT molecular complexity index is 185. The highest BCUT2D eigenvalue weighted by Crippen LogP contribution is 2.15. The summed E-state index contributed by atoms with van der Waals surface area (Å²) in [6.45, 7) is 1.02. The maximum atomic E-state index is 10.8. The molecule has 0 spiro atoms. The van der Waals surface area contributed by atoms with Crippen LogP contribution in [0.15, 0.2) is 0 Å². The van der Waals surface area contributed by atoms with E-state index in [1.165, 1.54) is 4.90 Å². The molecule has 0 aromatic heterocycles. The number of carbonyl (C=O) groups is 2. The van der Waals surface area contributed by atoms with Gasteiger partial charge in [0.05, 0.1) is 5.92 Å². The molecule has 3 amide bonds. The van der Waals surface area contributed by atoms with Crippen molar-refractivity contribution >= 4 is 11.9 Å². The van der Waals surface area contributed by atoms with Gasteiger partial charge >= 0.3 is 6.03 Å².